The number of aromatic nitrogens is 4. The van der Waals surface area contributed by atoms with E-state index in [9.17, 15) is 9.59 Å². The molecule has 9 nitrogen and oxygen atoms in total. The van der Waals surface area contributed by atoms with Crippen LogP contribution in [0.1, 0.15) is 25.6 Å². The summed E-state index contributed by atoms with van der Waals surface area (Å²) in [7, 11) is 1.61. The number of nitrogens with zero attached hydrogens (tertiary/aromatic N) is 5. The Morgan fingerprint density at radius 3 is 2.74 bits per heavy atom. The van der Waals surface area contributed by atoms with E-state index in [1.54, 1.807) is 20.1 Å². The molecule has 0 unspecified atom stereocenters. The molecule has 1 saturated heterocycles. The number of fused-ring (bicyclic) bond motifs is 1. The fourth-order valence-corrected chi connectivity index (χ4v) is 4.15. The summed E-state index contributed by atoms with van der Waals surface area (Å²) in [6.07, 6.45) is 2.24. The van der Waals surface area contributed by atoms with Gasteiger partial charge in [-0.05, 0) is 63.2 Å². The number of likely N-dealkylation sites (tertiary alicyclic amines) is 1. The lowest BCUT2D eigenvalue weighted by atomic mass is 10.1. The summed E-state index contributed by atoms with van der Waals surface area (Å²) in [5, 5.41) is 11.8. The molecule has 1 amide bonds. The lowest BCUT2D eigenvalue weighted by molar-refractivity contribution is -0.122. The van der Waals surface area contributed by atoms with Gasteiger partial charge in [-0.3, -0.25) is 14.5 Å². The molecule has 0 bridgehead atoms. The van der Waals surface area contributed by atoms with Gasteiger partial charge in [0.15, 0.2) is 0 Å². The van der Waals surface area contributed by atoms with Gasteiger partial charge in [-0.25, -0.2) is 9.20 Å². The molecule has 0 aliphatic carbocycles. The third kappa shape index (κ3) is 4.32. The molecule has 3 heterocycles. The zero-order valence-corrected chi connectivity index (χ0v) is 18.2. The van der Waals surface area contributed by atoms with Gasteiger partial charge in [0.25, 0.3) is 5.56 Å². The molecule has 9 heteroatoms. The van der Waals surface area contributed by atoms with E-state index >= 15 is 0 Å². The SMILES string of the molecule is CCN1CCC[C@@H]1CNC(=O)Cn1nc(C)n2nc(-c3ccc(OC)cc3)cc2c1=O. The van der Waals surface area contributed by atoms with Crippen molar-refractivity contribution in [3.8, 4) is 17.0 Å². The van der Waals surface area contributed by atoms with Crippen LogP contribution in [0.3, 0.4) is 0 Å². The Balaban J connectivity index is 1.52. The van der Waals surface area contributed by atoms with Crippen molar-refractivity contribution in [2.45, 2.75) is 39.3 Å². The average Bonchev–Trinajstić information content (AvgIpc) is 3.43. The van der Waals surface area contributed by atoms with Crippen LogP contribution in [0.15, 0.2) is 35.1 Å². The Kier molecular flexibility index (Phi) is 6.03. The quantitative estimate of drug-likeness (QED) is 0.617. The number of hydrogen-bond acceptors (Lipinski definition) is 6. The van der Waals surface area contributed by atoms with E-state index in [-0.39, 0.29) is 18.0 Å². The van der Waals surface area contributed by atoms with Gasteiger partial charge in [-0.2, -0.15) is 10.2 Å². The van der Waals surface area contributed by atoms with Gasteiger partial charge in [0.05, 0.1) is 12.8 Å². The average molecular weight is 425 g/mol. The van der Waals surface area contributed by atoms with Crippen molar-refractivity contribution in [2.24, 2.45) is 0 Å². The minimum Gasteiger partial charge on any atom is -0.497 e. The molecule has 1 aromatic carbocycles. The smallest absolute Gasteiger partial charge is 0.293 e. The van der Waals surface area contributed by atoms with Crippen LogP contribution < -0.4 is 15.6 Å². The van der Waals surface area contributed by atoms with Crippen molar-refractivity contribution in [1.82, 2.24) is 29.6 Å². The minimum atomic E-state index is -0.343. The van der Waals surface area contributed by atoms with Gasteiger partial charge >= 0.3 is 0 Å². The second-order valence-electron chi connectivity index (χ2n) is 7.79. The molecular formula is C22H28N6O3. The lowest BCUT2D eigenvalue weighted by Crippen LogP contribution is -2.42. The zero-order chi connectivity index (χ0) is 22.0. The second kappa shape index (κ2) is 8.89. The van der Waals surface area contributed by atoms with Crippen LogP contribution in [-0.4, -0.2) is 63.0 Å². The third-order valence-corrected chi connectivity index (χ3v) is 5.85. The number of carbonyl (C=O) groups excluding carboxylic acids is 1. The molecule has 31 heavy (non-hydrogen) atoms. The second-order valence-corrected chi connectivity index (χ2v) is 7.79. The van der Waals surface area contributed by atoms with Gasteiger partial charge in [-0.15, -0.1) is 0 Å². The molecule has 1 aliphatic heterocycles. The Labute approximate surface area is 180 Å². The van der Waals surface area contributed by atoms with Crippen molar-refractivity contribution in [3.63, 3.8) is 0 Å². The first-order valence-electron chi connectivity index (χ1n) is 10.6. The standard InChI is InChI=1S/C22H28N6O3/c1-4-26-11-5-6-17(26)13-23-21(29)14-27-22(30)20-12-19(25-28(20)15(2)24-27)16-7-9-18(31-3)10-8-16/h7-10,12,17H,4-6,11,13-14H2,1-3H3,(H,23,29)/t17-/m1/s1. The number of methoxy groups -OCH3 is 1. The zero-order valence-electron chi connectivity index (χ0n) is 18.2. The highest BCUT2D eigenvalue weighted by atomic mass is 16.5. The molecule has 2 aromatic heterocycles. The molecule has 3 aromatic rings. The fraction of sp³-hybridized carbons (Fsp3) is 0.455. The normalized spacial score (nSPS) is 16.7. The highest BCUT2D eigenvalue weighted by Gasteiger charge is 2.23. The van der Waals surface area contributed by atoms with Crippen LogP contribution in [0.25, 0.3) is 16.8 Å². The number of carbonyl (C=O) groups is 1. The summed E-state index contributed by atoms with van der Waals surface area (Å²) in [5.74, 6) is 1.07. The molecular weight excluding hydrogens is 396 g/mol. The van der Waals surface area contributed by atoms with Gasteiger partial charge in [-0.1, -0.05) is 6.92 Å². The Morgan fingerprint density at radius 1 is 1.26 bits per heavy atom. The van der Waals surface area contributed by atoms with E-state index in [0.717, 1.165) is 37.2 Å². The maximum atomic E-state index is 13.0. The van der Waals surface area contributed by atoms with E-state index in [1.807, 2.05) is 24.3 Å². The predicted molar refractivity (Wildman–Crippen MR) is 117 cm³/mol. The Morgan fingerprint density at radius 2 is 2.03 bits per heavy atom. The number of benzene rings is 1. The molecule has 0 radical (unpaired) electrons. The topological polar surface area (TPSA) is 93.8 Å². The number of ether oxygens (including phenoxy) is 1. The Hall–Kier alpha value is -3.20. The van der Waals surface area contributed by atoms with Crippen LogP contribution in [-0.2, 0) is 11.3 Å². The van der Waals surface area contributed by atoms with Gasteiger partial charge in [0.2, 0.25) is 5.91 Å². The summed E-state index contributed by atoms with van der Waals surface area (Å²) in [6.45, 7) is 6.44. The van der Waals surface area contributed by atoms with Crippen molar-refractivity contribution in [3.05, 3.63) is 46.5 Å². The maximum absolute atomic E-state index is 13.0. The van der Waals surface area contributed by atoms with Crippen LogP contribution in [0, 0.1) is 6.92 Å². The maximum Gasteiger partial charge on any atom is 0.293 e. The molecule has 0 spiro atoms. The van der Waals surface area contributed by atoms with E-state index in [0.29, 0.717) is 29.6 Å². The van der Waals surface area contributed by atoms with E-state index in [4.69, 9.17) is 4.74 Å². The highest BCUT2D eigenvalue weighted by Crippen LogP contribution is 2.22. The first kappa shape index (κ1) is 21.0. The molecule has 1 atom stereocenters. The molecule has 1 aliphatic rings. The van der Waals surface area contributed by atoms with E-state index < -0.39 is 0 Å². The lowest BCUT2D eigenvalue weighted by Gasteiger charge is -2.22. The predicted octanol–water partition coefficient (Wildman–Crippen LogP) is 1.48. The third-order valence-electron chi connectivity index (χ3n) is 5.85. The number of hydrogen-bond donors (Lipinski definition) is 1. The van der Waals surface area contributed by atoms with Crippen molar-refractivity contribution in [2.75, 3.05) is 26.7 Å². The van der Waals surface area contributed by atoms with Gasteiger partial charge in [0, 0.05) is 18.2 Å². The summed E-state index contributed by atoms with van der Waals surface area (Å²) in [5.41, 5.74) is 1.57. The molecule has 1 N–H and O–H groups in total. The van der Waals surface area contributed by atoms with E-state index in [1.165, 1.54) is 9.20 Å². The van der Waals surface area contributed by atoms with Crippen LogP contribution in [0.5, 0.6) is 5.75 Å². The number of aryl methyl sites for hydroxylation is 1. The fourth-order valence-electron chi connectivity index (χ4n) is 4.15. The number of rotatable bonds is 7. The molecule has 4 rings (SSSR count). The summed E-state index contributed by atoms with van der Waals surface area (Å²) < 4.78 is 7.93. The number of amides is 1. The van der Waals surface area contributed by atoms with Crippen molar-refractivity contribution < 1.29 is 9.53 Å². The van der Waals surface area contributed by atoms with Crippen LogP contribution in [0.4, 0.5) is 0 Å². The van der Waals surface area contributed by atoms with E-state index in [2.05, 4.69) is 27.3 Å². The van der Waals surface area contributed by atoms with Crippen molar-refractivity contribution in [1.29, 1.82) is 0 Å². The number of nitrogens with one attached hydrogen (secondary N) is 1. The number of likely N-dealkylation sites (N-methyl/N-ethyl adjacent to an activating group) is 1. The molecule has 0 saturated carbocycles. The Bertz CT molecular complexity index is 1130. The largest absolute Gasteiger partial charge is 0.497 e. The van der Waals surface area contributed by atoms with Crippen molar-refractivity contribution >= 4 is 11.4 Å². The molecule has 1 fully saturated rings. The summed E-state index contributed by atoms with van der Waals surface area (Å²) in [4.78, 5) is 27.8. The van der Waals surface area contributed by atoms with Crippen LogP contribution >= 0.6 is 0 Å². The summed E-state index contributed by atoms with van der Waals surface area (Å²) in [6, 6.07) is 9.55. The molecule has 164 valence electrons. The first-order valence-corrected chi connectivity index (χ1v) is 10.6. The highest BCUT2D eigenvalue weighted by molar-refractivity contribution is 5.75. The summed E-state index contributed by atoms with van der Waals surface area (Å²) >= 11 is 0. The monoisotopic (exact) mass is 424 g/mol. The minimum absolute atomic E-state index is 0.113. The van der Waals surface area contributed by atoms with Gasteiger partial charge < -0.3 is 10.1 Å². The first-order chi connectivity index (χ1) is 15.0. The van der Waals surface area contributed by atoms with Gasteiger partial charge in [0.1, 0.15) is 23.6 Å². The van der Waals surface area contributed by atoms with Crippen LogP contribution in [0.2, 0.25) is 0 Å².